The highest BCUT2D eigenvalue weighted by molar-refractivity contribution is 7.09. The summed E-state index contributed by atoms with van der Waals surface area (Å²) < 4.78 is 13.9. The van der Waals surface area contributed by atoms with Crippen LogP contribution in [-0.2, 0) is 17.9 Å². The Morgan fingerprint density at radius 1 is 0.964 bits per heavy atom. The highest BCUT2D eigenvalue weighted by Gasteiger charge is 2.22. The van der Waals surface area contributed by atoms with Gasteiger partial charge in [-0.15, -0.1) is 11.3 Å². The Morgan fingerprint density at radius 3 is 2.57 bits per heavy atom. The van der Waals surface area contributed by atoms with Crippen LogP contribution in [0.2, 0.25) is 0 Å². The fraction of sp³-hybridized carbons (Fsp3) is 0.273. The van der Waals surface area contributed by atoms with Crippen LogP contribution in [-0.4, -0.2) is 40.3 Å². The summed E-state index contributed by atoms with van der Waals surface area (Å²) in [4.78, 5) is 21.2. The molecule has 1 aromatic heterocycles. The number of thiazole rings is 1. The average Bonchev–Trinajstić information content (AvgIpc) is 3.12. The van der Waals surface area contributed by atoms with E-state index in [4.69, 9.17) is 4.98 Å². The molecule has 0 saturated carbocycles. The van der Waals surface area contributed by atoms with Crippen molar-refractivity contribution in [1.82, 2.24) is 14.8 Å². The standard InChI is InChI=1S/C22H22FN3OS/c23-19-9-5-4-8-18(19)14-26-13-12-25(11-10-22(26)27)15-21-24-20(16-28-21)17-6-2-1-3-7-17/h1-9,16H,10-15H2. The predicted octanol–water partition coefficient (Wildman–Crippen LogP) is 4.18. The molecule has 0 aliphatic carbocycles. The van der Waals surface area contributed by atoms with Gasteiger partial charge in [0.1, 0.15) is 10.8 Å². The topological polar surface area (TPSA) is 36.4 Å². The SMILES string of the molecule is O=C1CCN(Cc2nc(-c3ccccc3)cs2)CCN1Cc1ccccc1F. The summed E-state index contributed by atoms with van der Waals surface area (Å²) in [5.74, 6) is -0.178. The Bertz CT molecular complexity index is 944. The smallest absolute Gasteiger partial charge is 0.224 e. The Hall–Kier alpha value is -2.57. The van der Waals surface area contributed by atoms with E-state index < -0.39 is 0 Å². The summed E-state index contributed by atoms with van der Waals surface area (Å²) >= 11 is 1.65. The van der Waals surface area contributed by atoms with Crippen molar-refractivity contribution in [2.45, 2.75) is 19.5 Å². The van der Waals surface area contributed by atoms with Crippen LogP contribution < -0.4 is 0 Å². The first-order valence-electron chi connectivity index (χ1n) is 9.42. The fourth-order valence-corrected chi connectivity index (χ4v) is 4.23. The van der Waals surface area contributed by atoms with Gasteiger partial charge in [-0.1, -0.05) is 48.5 Å². The zero-order valence-electron chi connectivity index (χ0n) is 15.6. The van der Waals surface area contributed by atoms with Crippen LogP contribution in [0.3, 0.4) is 0 Å². The molecule has 144 valence electrons. The molecule has 1 saturated heterocycles. The van der Waals surface area contributed by atoms with Gasteiger partial charge >= 0.3 is 0 Å². The van der Waals surface area contributed by atoms with Gasteiger partial charge in [0.05, 0.1) is 12.2 Å². The molecule has 3 aromatic rings. The van der Waals surface area contributed by atoms with E-state index in [0.29, 0.717) is 31.6 Å². The summed E-state index contributed by atoms with van der Waals surface area (Å²) in [5.41, 5.74) is 2.68. The number of carbonyl (C=O) groups is 1. The molecule has 2 heterocycles. The van der Waals surface area contributed by atoms with Crippen LogP contribution in [0.25, 0.3) is 11.3 Å². The zero-order valence-corrected chi connectivity index (χ0v) is 16.4. The molecule has 28 heavy (non-hydrogen) atoms. The van der Waals surface area contributed by atoms with Crippen molar-refractivity contribution >= 4 is 17.2 Å². The molecule has 4 rings (SSSR count). The summed E-state index contributed by atoms with van der Waals surface area (Å²) in [7, 11) is 0. The van der Waals surface area contributed by atoms with Crippen LogP contribution >= 0.6 is 11.3 Å². The molecule has 0 atom stereocenters. The third-order valence-corrected chi connectivity index (χ3v) is 5.81. The molecule has 1 fully saturated rings. The lowest BCUT2D eigenvalue weighted by Gasteiger charge is -2.22. The largest absolute Gasteiger partial charge is 0.337 e. The molecular weight excluding hydrogens is 373 g/mol. The fourth-order valence-electron chi connectivity index (χ4n) is 3.38. The lowest BCUT2D eigenvalue weighted by Crippen LogP contribution is -2.33. The molecule has 4 nitrogen and oxygen atoms in total. The van der Waals surface area contributed by atoms with Crippen molar-refractivity contribution in [3.05, 3.63) is 76.4 Å². The van der Waals surface area contributed by atoms with Gasteiger partial charge in [-0.3, -0.25) is 9.69 Å². The first-order valence-corrected chi connectivity index (χ1v) is 10.3. The van der Waals surface area contributed by atoms with Gasteiger partial charge in [0.2, 0.25) is 5.91 Å². The summed E-state index contributed by atoms with van der Waals surface area (Å²) in [6.07, 6.45) is 0.450. The Kier molecular flexibility index (Phi) is 5.78. The van der Waals surface area contributed by atoms with E-state index in [2.05, 4.69) is 22.4 Å². The van der Waals surface area contributed by atoms with E-state index >= 15 is 0 Å². The first-order chi connectivity index (χ1) is 13.7. The number of hydrogen-bond acceptors (Lipinski definition) is 4. The molecular formula is C22H22FN3OS. The van der Waals surface area contributed by atoms with Crippen molar-refractivity contribution in [1.29, 1.82) is 0 Å². The van der Waals surface area contributed by atoms with E-state index in [1.165, 1.54) is 6.07 Å². The number of hydrogen-bond donors (Lipinski definition) is 0. The van der Waals surface area contributed by atoms with Crippen molar-refractivity contribution in [3.63, 3.8) is 0 Å². The van der Waals surface area contributed by atoms with E-state index in [1.807, 2.05) is 18.2 Å². The molecule has 1 amide bonds. The number of halogens is 1. The second-order valence-electron chi connectivity index (χ2n) is 6.93. The maximum Gasteiger partial charge on any atom is 0.224 e. The van der Waals surface area contributed by atoms with Crippen molar-refractivity contribution in [3.8, 4) is 11.3 Å². The Labute approximate surface area is 168 Å². The minimum Gasteiger partial charge on any atom is -0.337 e. The second kappa shape index (κ2) is 8.63. The van der Waals surface area contributed by atoms with Gasteiger partial charge in [-0.2, -0.15) is 0 Å². The number of benzene rings is 2. The molecule has 6 heteroatoms. The Balaban J connectivity index is 1.38. The monoisotopic (exact) mass is 395 g/mol. The van der Waals surface area contributed by atoms with Gasteiger partial charge in [-0.25, -0.2) is 9.37 Å². The second-order valence-corrected chi connectivity index (χ2v) is 7.87. The molecule has 2 aromatic carbocycles. The van der Waals surface area contributed by atoms with Crippen LogP contribution in [0.1, 0.15) is 17.0 Å². The minimum absolute atomic E-state index is 0.0786. The van der Waals surface area contributed by atoms with Crippen molar-refractivity contribution < 1.29 is 9.18 Å². The minimum atomic E-state index is -0.257. The van der Waals surface area contributed by atoms with Crippen molar-refractivity contribution in [2.75, 3.05) is 19.6 Å². The summed E-state index contributed by atoms with van der Waals surface area (Å²) in [6, 6.07) is 16.8. The van der Waals surface area contributed by atoms with Crippen LogP contribution in [0.5, 0.6) is 0 Å². The molecule has 1 aliphatic rings. The van der Waals surface area contributed by atoms with Crippen LogP contribution in [0.15, 0.2) is 60.0 Å². The Morgan fingerprint density at radius 2 is 1.75 bits per heavy atom. The predicted molar refractivity (Wildman–Crippen MR) is 109 cm³/mol. The maximum absolute atomic E-state index is 13.9. The van der Waals surface area contributed by atoms with Crippen LogP contribution in [0.4, 0.5) is 4.39 Å². The average molecular weight is 396 g/mol. The third kappa shape index (κ3) is 4.46. The molecule has 0 bridgehead atoms. The molecule has 0 unspecified atom stereocenters. The van der Waals surface area contributed by atoms with Gasteiger partial charge in [-0.05, 0) is 6.07 Å². The summed E-state index contributed by atoms with van der Waals surface area (Å²) in [6.45, 7) is 3.13. The molecule has 0 N–H and O–H groups in total. The molecule has 0 radical (unpaired) electrons. The molecule has 1 aliphatic heterocycles. The highest BCUT2D eigenvalue weighted by Crippen LogP contribution is 2.23. The first kappa shape index (κ1) is 18.8. The van der Waals surface area contributed by atoms with Gasteiger partial charge in [0.15, 0.2) is 0 Å². The van der Waals surface area contributed by atoms with E-state index in [-0.39, 0.29) is 11.7 Å². The van der Waals surface area contributed by atoms with E-state index in [0.717, 1.165) is 29.4 Å². The van der Waals surface area contributed by atoms with E-state index in [9.17, 15) is 9.18 Å². The lowest BCUT2D eigenvalue weighted by molar-refractivity contribution is -0.131. The number of aromatic nitrogens is 1. The number of carbonyl (C=O) groups excluding carboxylic acids is 1. The van der Waals surface area contributed by atoms with Crippen molar-refractivity contribution in [2.24, 2.45) is 0 Å². The summed E-state index contributed by atoms with van der Waals surface area (Å²) in [5, 5.41) is 3.13. The lowest BCUT2D eigenvalue weighted by atomic mass is 10.2. The highest BCUT2D eigenvalue weighted by atomic mass is 32.1. The van der Waals surface area contributed by atoms with Gasteiger partial charge in [0, 0.05) is 49.1 Å². The van der Waals surface area contributed by atoms with E-state index in [1.54, 1.807) is 34.4 Å². The quantitative estimate of drug-likeness (QED) is 0.650. The maximum atomic E-state index is 13.9. The van der Waals surface area contributed by atoms with Gasteiger partial charge in [0.25, 0.3) is 0 Å². The normalized spacial score (nSPS) is 15.6. The number of rotatable bonds is 5. The van der Waals surface area contributed by atoms with Crippen LogP contribution in [0, 0.1) is 5.82 Å². The molecule has 0 spiro atoms. The van der Waals surface area contributed by atoms with Gasteiger partial charge < -0.3 is 4.90 Å². The third-order valence-electron chi connectivity index (χ3n) is 4.98. The zero-order chi connectivity index (χ0) is 19.3. The number of amides is 1. The number of nitrogens with zero attached hydrogens (tertiary/aromatic N) is 3.